The minimum Gasteiger partial charge on any atom is -0.359 e. The fraction of sp³-hybridized carbons (Fsp3) is 0.588. The maximum absolute atomic E-state index is 5.37. The number of hydrogen-bond donors (Lipinski definition) is 2. The lowest BCUT2D eigenvalue weighted by atomic mass is 9.88. The predicted octanol–water partition coefficient (Wildman–Crippen LogP) is 4.92. The summed E-state index contributed by atoms with van der Waals surface area (Å²) in [5, 5.41) is 7.27. The first-order valence-corrected chi connectivity index (χ1v) is 7.82. The molecule has 112 valence electrons. The number of hydrogen-bond acceptors (Lipinski definition) is 1. The summed E-state index contributed by atoms with van der Waals surface area (Å²) in [5.74, 6) is 0.607. The van der Waals surface area contributed by atoms with Crippen LogP contribution in [-0.2, 0) is 0 Å². The van der Waals surface area contributed by atoms with E-state index >= 15 is 0 Å². The maximum Gasteiger partial charge on any atom is 0.171 e. The second kappa shape index (κ2) is 7.07. The molecular formula is C17H28N2S. The van der Waals surface area contributed by atoms with E-state index in [-0.39, 0.29) is 5.41 Å². The first kappa shape index (κ1) is 17.0. The van der Waals surface area contributed by atoms with E-state index < -0.39 is 0 Å². The summed E-state index contributed by atoms with van der Waals surface area (Å²) in [5.41, 5.74) is 2.60. The summed E-state index contributed by atoms with van der Waals surface area (Å²) in [6.07, 6.45) is 1.16. The third-order valence-electron chi connectivity index (χ3n) is 4.00. The van der Waals surface area contributed by atoms with Gasteiger partial charge in [0.25, 0.3) is 0 Å². The minimum atomic E-state index is 0.187. The number of thiocarbonyl (C=S) groups is 1. The highest BCUT2D eigenvalue weighted by atomic mass is 32.1. The van der Waals surface area contributed by atoms with E-state index in [1.54, 1.807) is 0 Å². The Bertz CT molecular complexity index is 431. The number of rotatable bonds is 4. The van der Waals surface area contributed by atoms with Crippen molar-refractivity contribution in [1.29, 1.82) is 0 Å². The number of anilines is 1. The van der Waals surface area contributed by atoms with E-state index in [1.165, 1.54) is 5.56 Å². The van der Waals surface area contributed by atoms with Crippen LogP contribution in [0.3, 0.4) is 0 Å². The molecule has 0 aliphatic rings. The Hall–Kier alpha value is -1.09. The molecule has 1 aromatic carbocycles. The van der Waals surface area contributed by atoms with Crippen LogP contribution in [0.5, 0.6) is 0 Å². The molecule has 0 aliphatic heterocycles. The van der Waals surface area contributed by atoms with E-state index in [0.717, 1.165) is 12.1 Å². The molecule has 2 unspecified atom stereocenters. The summed E-state index contributed by atoms with van der Waals surface area (Å²) in [4.78, 5) is 0. The van der Waals surface area contributed by atoms with Gasteiger partial charge >= 0.3 is 0 Å². The zero-order valence-corrected chi connectivity index (χ0v) is 14.4. The summed E-state index contributed by atoms with van der Waals surface area (Å²) < 4.78 is 0. The number of benzene rings is 1. The molecule has 3 heteroatoms. The molecular weight excluding hydrogens is 264 g/mol. The Balaban J connectivity index is 2.59. The van der Waals surface area contributed by atoms with E-state index in [1.807, 2.05) is 0 Å². The highest BCUT2D eigenvalue weighted by Crippen LogP contribution is 2.21. The van der Waals surface area contributed by atoms with Gasteiger partial charge in [0.05, 0.1) is 0 Å². The monoisotopic (exact) mass is 292 g/mol. The molecule has 2 atom stereocenters. The van der Waals surface area contributed by atoms with E-state index in [0.29, 0.717) is 17.1 Å². The zero-order chi connectivity index (χ0) is 15.3. The standard InChI is InChI=1S/C17H28N2S/c1-7-12(2)14-8-10-15(11-9-14)19-16(20)18-13(3)17(4,5)6/h8-13H,7H2,1-6H3,(H2,18,19,20). The van der Waals surface area contributed by atoms with Crippen molar-refractivity contribution in [3.8, 4) is 0 Å². The second-order valence-corrected chi connectivity index (χ2v) is 7.03. The molecule has 0 fully saturated rings. The van der Waals surface area contributed by atoms with Gasteiger partial charge in [0, 0.05) is 11.7 Å². The van der Waals surface area contributed by atoms with Crippen LogP contribution in [0.15, 0.2) is 24.3 Å². The normalized spacial score (nSPS) is 14.5. The van der Waals surface area contributed by atoms with Gasteiger partial charge < -0.3 is 10.6 Å². The van der Waals surface area contributed by atoms with Gasteiger partial charge in [0.1, 0.15) is 0 Å². The lowest BCUT2D eigenvalue weighted by Crippen LogP contribution is -2.43. The average molecular weight is 292 g/mol. The quantitative estimate of drug-likeness (QED) is 0.770. The molecule has 0 aromatic heterocycles. The zero-order valence-electron chi connectivity index (χ0n) is 13.6. The van der Waals surface area contributed by atoms with Crippen LogP contribution in [-0.4, -0.2) is 11.2 Å². The van der Waals surface area contributed by atoms with E-state index in [2.05, 4.69) is 76.4 Å². The molecule has 0 bridgehead atoms. The molecule has 2 N–H and O–H groups in total. The lowest BCUT2D eigenvalue weighted by Gasteiger charge is -2.29. The van der Waals surface area contributed by atoms with Crippen molar-refractivity contribution < 1.29 is 0 Å². The molecule has 20 heavy (non-hydrogen) atoms. The van der Waals surface area contributed by atoms with Crippen molar-refractivity contribution in [2.45, 2.75) is 59.9 Å². The van der Waals surface area contributed by atoms with Crippen LogP contribution < -0.4 is 10.6 Å². The van der Waals surface area contributed by atoms with Gasteiger partial charge in [0.2, 0.25) is 0 Å². The van der Waals surface area contributed by atoms with Crippen molar-refractivity contribution in [2.24, 2.45) is 5.41 Å². The van der Waals surface area contributed by atoms with Crippen molar-refractivity contribution in [1.82, 2.24) is 5.32 Å². The molecule has 2 nitrogen and oxygen atoms in total. The van der Waals surface area contributed by atoms with Gasteiger partial charge in [0.15, 0.2) is 5.11 Å². The molecule has 1 aromatic rings. The molecule has 0 aliphatic carbocycles. The Morgan fingerprint density at radius 1 is 1.15 bits per heavy atom. The third kappa shape index (κ3) is 5.12. The van der Waals surface area contributed by atoms with Crippen LogP contribution in [0, 0.1) is 5.41 Å². The van der Waals surface area contributed by atoms with Gasteiger partial charge in [-0.15, -0.1) is 0 Å². The first-order valence-electron chi connectivity index (χ1n) is 7.41. The molecule has 0 spiro atoms. The molecule has 0 saturated heterocycles. The van der Waals surface area contributed by atoms with Gasteiger partial charge in [-0.25, -0.2) is 0 Å². The van der Waals surface area contributed by atoms with Crippen LogP contribution in [0.2, 0.25) is 0 Å². The topological polar surface area (TPSA) is 24.1 Å². The van der Waals surface area contributed by atoms with Crippen molar-refractivity contribution in [3.63, 3.8) is 0 Å². The fourth-order valence-corrected chi connectivity index (χ4v) is 2.01. The lowest BCUT2D eigenvalue weighted by molar-refractivity contribution is 0.317. The van der Waals surface area contributed by atoms with Crippen molar-refractivity contribution in [3.05, 3.63) is 29.8 Å². The molecule has 0 saturated carbocycles. The maximum atomic E-state index is 5.37. The average Bonchev–Trinajstić information content (AvgIpc) is 2.37. The van der Waals surface area contributed by atoms with Crippen molar-refractivity contribution in [2.75, 3.05) is 5.32 Å². The Morgan fingerprint density at radius 2 is 1.70 bits per heavy atom. The molecule has 1 rings (SSSR count). The number of nitrogens with one attached hydrogen (secondary N) is 2. The largest absolute Gasteiger partial charge is 0.359 e. The SMILES string of the molecule is CCC(C)c1ccc(NC(=S)NC(C)C(C)(C)C)cc1. The Kier molecular flexibility index (Phi) is 6.00. The Morgan fingerprint density at radius 3 is 2.15 bits per heavy atom. The first-order chi connectivity index (χ1) is 9.24. The highest BCUT2D eigenvalue weighted by molar-refractivity contribution is 7.80. The van der Waals surface area contributed by atoms with E-state index in [9.17, 15) is 0 Å². The minimum absolute atomic E-state index is 0.187. The van der Waals surface area contributed by atoms with E-state index in [4.69, 9.17) is 12.2 Å². The molecule has 0 amide bonds. The fourth-order valence-electron chi connectivity index (χ4n) is 1.71. The smallest absolute Gasteiger partial charge is 0.171 e. The third-order valence-corrected chi connectivity index (χ3v) is 4.22. The Labute approximate surface area is 129 Å². The second-order valence-electron chi connectivity index (χ2n) is 6.62. The van der Waals surface area contributed by atoms with Crippen LogP contribution in [0.4, 0.5) is 5.69 Å². The highest BCUT2D eigenvalue weighted by Gasteiger charge is 2.20. The van der Waals surface area contributed by atoms with Crippen molar-refractivity contribution >= 4 is 23.0 Å². The molecule has 0 heterocycles. The van der Waals surface area contributed by atoms with Gasteiger partial charge in [-0.1, -0.05) is 46.8 Å². The predicted molar refractivity (Wildman–Crippen MR) is 93.4 cm³/mol. The summed E-state index contributed by atoms with van der Waals surface area (Å²) in [7, 11) is 0. The van der Waals surface area contributed by atoms with Gasteiger partial charge in [-0.3, -0.25) is 0 Å². The van der Waals surface area contributed by atoms with Gasteiger partial charge in [-0.05, 0) is 54.6 Å². The van der Waals surface area contributed by atoms with Gasteiger partial charge in [-0.2, -0.15) is 0 Å². The van der Waals surface area contributed by atoms with Crippen LogP contribution >= 0.6 is 12.2 Å². The molecule has 0 radical (unpaired) electrons. The summed E-state index contributed by atoms with van der Waals surface area (Å²) >= 11 is 5.37. The van der Waals surface area contributed by atoms with Crippen LogP contribution in [0.25, 0.3) is 0 Å². The summed E-state index contributed by atoms with van der Waals surface area (Å²) in [6, 6.07) is 8.86. The van der Waals surface area contributed by atoms with Crippen LogP contribution in [0.1, 0.15) is 59.4 Å². The summed E-state index contributed by atoms with van der Waals surface area (Å²) in [6.45, 7) is 13.2.